The Labute approximate surface area is 102 Å². The van der Waals surface area contributed by atoms with Crippen molar-refractivity contribution in [1.29, 1.82) is 0 Å². The zero-order valence-corrected chi connectivity index (χ0v) is 9.51. The van der Waals surface area contributed by atoms with Gasteiger partial charge in [0.15, 0.2) is 0 Å². The van der Waals surface area contributed by atoms with Gasteiger partial charge in [0.05, 0.1) is 0 Å². The minimum absolute atomic E-state index is 1.26. The molecule has 0 nitrogen and oxygen atoms in total. The van der Waals surface area contributed by atoms with Crippen LogP contribution in [0.3, 0.4) is 0 Å². The Morgan fingerprint density at radius 1 is 0.588 bits per heavy atom. The van der Waals surface area contributed by atoms with E-state index in [0.29, 0.717) is 0 Å². The second kappa shape index (κ2) is 4.42. The number of hydrogen-bond acceptors (Lipinski definition) is 0. The van der Waals surface area contributed by atoms with E-state index in [0.717, 1.165) is 0 Å². The molecule has 0 unspecified atom stereocenters. The highest BCUT2D eigenvalue weighted by molar-refractivity contribution is 5.66. The lowest BCUT2D eigenvalue weighted by atomic mass is 9.92. The second-order valence-electron chi connectivity index (χ2n) is 4.09. The van der Waals surface area contributed by atoms with Crippen molar-refractivity contribution in [2.24, 2.45) is 0 Å². The van der Waals surface area contributed by atoms with Gasteiger partial charge in [0.2, 0.25) is 0 Å². The first-order valence-corrected chi connectivity index (χ1v) is 5.82. The third-order valence-corrected chi connectivity index (χ3v) is 2.99. The van der Waals surface area contributed by atoms with E-state index in [-0.39, 0.29) is 0 Å². The Kier molecular flexibility index (Phi) is 2.63. The average Bonchev–Trinajstić information content (AvgIpc) is 2.72. The van der Waals surface area contributed by atoms with Crippen LogP contribution in [0.25, 0.3) is 0 Å². The van der Waals surface area contributed by atoms with Crippen molar-refractivity contribution in [3.05, 3.63) is 102 Å². The van der Waals surface area contributed by atoms with E-state index >= 15 is 0 Å². The molecule has 0 aromatic carbocycles. The Bertz CT molecular complexity index is 567. The summed E-state index contributed by atoms with van der Waals surface area (Å²) < 4.78 is 0. The largest absolute Gasteiger partial charge is 0.0760 e. The second-order valence-corrected chi connectivity index (χ2v) is 4.09. The fourth-order valence-corrected chi connectivity index (χ4v) is 2.16. The molecule has 17 heavy (non-hydrogen) atoms. The number of rotatable bonds is 0. The molecule has 0 saturated carbocycles. The highest BCUT2D eigenvalue weighted by Gasteiger charge is 2.14. The summed E-state index contributed by atoms with van der Waals surface area (Å²) in [7, 11) is 0. The summed E-state index contributed by atoms with van der Waals surface area (Å²) in [6.45, 7) is 0. The first-order valence-electron chi connectivity index (χ1n) is 5.82. The molecule has 0 bridgehead atoms. The van der Waals surface area contributed by atoms with Crippen LogP contribution in [0.4, 0.5) is 0 Å². The minimum atomic E-state index is 1.26. The summed E-state index contributed by atoms with van der Waals surface area (Å²) in [4.78, 5) is 0. The van der Waals surface area contributed by atoms with Crippen LogP contribution in [0.15, 0.2) is 95.2 Å². The van der Waals surface area contributed by atoms with Gasteiger partial charge in [-0.1, -0.05) is 72.9 Å². The van der Waals surface area contributed by atoms with Gasteiger partial charge in [-0.05, 0) is 22.3 Å². The summed E-state index contributed by atoms with van der Waals surface area (Å²) in [5.74, 6) is 0. The average molecular weight is 217 g/mol. The van der Waals surface area contributed by atoms with Crippen LogP contribution in [0.2, 0.25) is 0 Å². The quantitative estimate of drug-likeness (QED) is 0.571. The van der Waals surface area contributed by atoms with Gasteiger partial charge >= 0.3 is 0 Å². The van der Waals surface area contributed by atoms with E-state index in [9.17, 15) is 0 Å². The Morgan fingerprint density at radius 3 is 2.41 bits per heavy atom. The van der Waals surface area contributed by atoms with Crippen LogP contribution in [0.1, 0.15) is 0 Å². The molecule has 3 rings (SSSR count). The smallest absolute Gasteiger partial charge is 0.0137 e. The van der Waals surface area contributed by atoms with Gasteiger partial charge in [0.25, 0.3) is 0 Å². The molecule has 3 aliphatic carbocycles. The third-order valence-electron chi connectivity index (χ3n) is 2.99. The van der Waals surface area contributed by atoms with Crippen LogP contribution in [-0.4, -0.2) is 0 Å². The van der Waals surface area contributed by atoms with Crippen molar-refractivity contribution in [2.75, 3.05) is 0 Å². The molecular formula is C17H13. The molecule has 81 valence electrons. The Balaban J connectivity index is 2.18. The summed E-state index contributed by atoms with van der Waals surface area (Å²) in [6, 6.07) is 0. The molecule has 3 aliphatic rings. The zero-order valence-electron chi connectivity index (χ0n) is 9.51. The van der Waals surface area contributed by atoms with Crippen LogP contribution < -0.4 is 0 Å². The predicted molar refractivity (Wildman–Crippen MR) is 73.2 cm³/mol. The molecular weight excluding hydrogens is 204 g/mol. The van der Waals surface area contributed by atoms with E-state index < -0.39 is 0 Å². The van der Waals surface area contributed by atoms with E-state index in [1.165, 1.54) is 22.3 Å². The van der Waals surface area contributed by atoms with Crippen LogP contribution in [0, 0.1) is 6.42 Å². The van der Waals surface area contributed by atoms with Crippen LogP contribution >= 0.6 is 0 Å². The minimum Gasteiger partial charge on any atom is -0.0760 e. The monoisotopic (exact) mass is 217 g/mol. The summed E-state index contributed by atoms with van der Waals surface area (Å²) in [5.41, 5.74) is 5.09. The number of fused-ring (bicyclic) bond motifs is 2. The Morgan fingerprint density at radius 2 is 1.41 bits per heavy atom. The zero-order chi connectivity index (χ0) is 11.5. The molecule has 0 heteroatoms. The highest BCUT2D eigenvalue weighted by atomic mass is 14.2. The standard InChI is InChI=1S/C17H13/c1-3-8-14-10-7-11-15-9-4-2-6-13-17(15)16(14)12-5-1/h1-13H. The lowest BCUT2D eigenvalue weighted by Crippen LogP contribution is -1.94. The molecule has 0 atom stereocenters. The van der Waals surface area contributed by atoms with Crippen LogP contribution in [0.5, 0.6) is 0 Å². The first kappa shape index (κ1) is 10.1. The molecule has 0 amide bonds. The lowest BCUT2D eigenvalue weighted by Gasteiger charge is -2.11. The fourth-order valence-electron chi connectivity index (χ4n) is 2.16. The van der Waals surface area contributed by atoms with Gasteiger partial charge in [-0.3, -0.25) is 0 Å². The van der Waals surface area contributed by atoms with Gasteiger partial charge in [0.1, 0.15) is 0 Å². The van der Waals surface area contributed by atoms with Gasteiger partial charge < -0.3 is 0 Å². The summed E-state index contributed by atoms with van der Waals surface area (Å²) in [5, 5.41) is 0. The van der Waals surface area contributed by atoms with Crippen molar-refractivity contribution >= 4 is 0 Å². The van der Waals surface area contributed by atoms with E-state index in [1.54, 1.807) is 0 Å². The van der Waals surface area contributed by atoms with Crippen molar-refractivity contribution in [3.63, 3.8) is 0 Å². The van der Waals surface area contributed by atoms with Crippen molar-refractivity contribution in [1.82, 2.24) is 0 Å². The van der Waals surface area contributed by atoms with Gasteiger partial charge in [-0.25, -0.2) is 0 Å². The first-order chi connectivity index (χ1) is 8.45. The van der Waals surface area contributed by atoms with E-state index in [1.807, 2.05) is 0 Å². The summed E-state index contributed by atoms with van der Waals surface area (Å²) >= 11 is 0. The molecule has 0 saturated heterocycles. The Hall–Kier alpha value is -2.08. The molecule has 0 aromatic rings. The maximum absolute atomic E-state index is 2.18. The fraction of sp³-hybridized carbons (Fsp3) is 0. The highest BCUT2D eigenvalue weighted by Crippen LogP contribution is 2.31. The number of allylic oxidation sites excluding steroid dienone is 16. The molecule has 0 aliphatic heterocycles. The van der Waals surface area contributed by atoms with E-state index in [4.69, 9.17) is 0 Å². The van der Waals surface area contributed by atoms with Gasteiger partial charge in [0, 0.05) is 6.42 Å². The van der Waals surface area contributed by atoms with E-state index in [2.05, 4.69) is 79.3 Å². The van der Waals surface area contributed by atoms with Gasteiger partial charge in [-0.2, -0.15) is 0 Å². The topological polar surface area (TPSA) is 0 Å². The lowest BCUT2D eigenvalue weighted by molar-refractivity contribution is 1.40. The molecule has 0 spiro atoms. The molecule has 0 N–H and O–H groups in total. The molecule has 0 fully saturated rings. The molecule has 0 aromatic heterocycles. The number of hydrogen-bond donors (Lipinski definition) is 0. The molecule has 1 radical (unpaired) electrons. The van der Waals surface area contributed by atoms with Crippen molar-refractivity contribution in [3.8, 4) is 0 Å². The maximum Gasteiger partial charge on any atom is 0.0137 e. The maximum atomic E-state index is 2.18. The third kappa shape index (κ3) is 1.94. The molecule has 0 heterocycles. The SMILES string of the molecule is [CH]1C=CC=CC2=C1C1=CC=CC=CC1=CC=C2. The van der Waals surface area contributed by atoms with Gasteiger partial charge in [-0.15, -0.1) is 0 Å². The van der Waals surface area contributed by atoms with Crippen LogP contribution in [-0.2, 0) is 0 Å². The predicted octanol–water partition coefficient (Wildman–Crippen LogP) is 4.16. The van der Waals surface area contributed by atoms with Crippen molar-refractivity contribution < 1.29 is 0 Å². The summed E-state index contributed by atoms with van der Waals surface area (Å²) in [6.07, 6.45) is 27.6. The van der Waals surface area contributed by atoms with Crippen molar-refractivity contribution in [2.45, 2.75) is 0 Å². The normalized spacial score (nSPS) is 21.2.